The number of carboxylic acids is 1. The van der Waals surface area contributed by atoms with Crippen molar-refractivity contribution in [3.8, 4) is 0 Å². The van der Waals surface area contributed by atoms with Crippen molar-refractivity contribution in [2.45, 2.75) is 32.4 Å². The second-order valence-corrected chi connectivity index (χ2v) is 4.90. The zero-order chi connectivity index (χ0) is 15.8. The van der Waals surface area contributed by atoms with E-state index in [0.29, 0.717) is 18.8 Å². The highest BCUT2D eigenvalue weighted by atomic mass is 16.5. The van der Waals surface area contributed by atoms with Gasteiger partial charge in [0.1, 0.15) is 6.04 Å². The van der Waals surface area contributed by atoms with Gasteiger partial charge >= 0.3 is 12.0 Å². The summed E-state index contributed by atoms with van der Waals surface area (Å²) in [6.07, 6.45) is 3.15. The van der Waals surface area contributed by atoms with E-state index in [1.165, 1.54) is 17.4 Å². The number of aromatic amines is 1. The van der Waals surface area contributed by atoms with Crippen LogP contribution in [0.4, 0.5) is 4.79 Å². The van der Waals surface area contributed by atoms with Gasteiger partial charge in [0.05, 0.1) is 12.9 Å². The minimum absolute atomic E-state index is 0.0539. The first kappa shape index (κ1) is 17.0. The Morgan fingerprint density at radius 1 is 1.52 bits per heavy atom. The van der Waals surface area contributed by atoms with Gasteiger partial charge in [0, 0.05) is 38.0 Å². The minimum atomic E-state index is -1.09. The fraction of sp³-hybridized carbons (Fsp3) is 0.615. The zero-order valence-corrected chi connectivity index (χ0v) is 12.5. The molecule has 0 radical (unpaired) electrons. The van der Waals surface area contributed by atoms with E-state index in [4.69, 9.17) is 4.74 Å². The molecule has 0 spiro atoms. The molecule has 118 valence electrons. The van der Waals surface area contributed by atoms with Crippen molar-refractivity contribution < 1.29 is 19.4 Å². The number of nitrogens with one attached hydrogen (secondary N) is 2. The molecule has 0 aromatic carbocycles. The van der Waals surface area contributed by atoms with Crippen LogP contribution in [0.5, 0.6) is 0 Å². The number of carboxylic acid groups (broad SMARTS) is 1. The SMILES string of the molecule is COCCN(C(=O)N[C@H](Cc1cnc[nH]1)C(=O)O)C(C)C. The molecule has 1 heterocycles. The van der Waals surface area contributed by atoms with Crippen molar-refractivity contribution in [2.24, 2.45) is 0 Å². The molecule has 1 atom stereocenters. The lowest BCUT2D eigenvalue weighted by molar-refractivity contribution is -0.139. The Balaban J connectivity index is 2.67. The Morgan fingerprint density at radius 2 is 2.24 bits per heavy atom. The van der Waals surface area contributed by atoms with E-state index in [0.717, 1.165) is 0 Å². The van der Waals surface area contributed by atoms with Crippen molar-refractivity contribution in [3.05, 3.63) is 18.2 Å². The Morgan fingerprint density at radius 3 is 2.71 bits per heavy atom. The summed E-state index contributed by atoms with van der Waals surface area (Å²) in [7, 11) is 1.55. The van der Waals surface area contributed by atoms with E-state index in [2.05, 4.69) is 15.3 Å². The quantitative estimate of drug-likeness (QED) is 0.646. The van der Waals surface area contributed by atoms with Crippen LogP contribution in [0.2, 0.25) is 0 Å². The van der Waals surface area contributed by atoms with E-state index in [9.17, 15) is 14.7 Å². The number of aromatic nitrogens is 2. The highest BCUT2D eigenvalue weighted by molar-refractivity contribution is 5.82. The third-order valence-electron chi connectivity index (χ3n) is 3.00. The summed E-state index contributed by atoms with van der Waals surface area (Å²) in [5.41, 5.74) is 0.649. The topological polar surface area (TPSA) is 108 Å². The lowest BCUT2D eigenvalue weighted by Crippen LogP contribution is -2.51. The number of urea groups is 1. The third kappa shape index (κ3) is 5.42. The smallest absolute Gasteiger partial charge is 0.326 e. The number of imidazole rings is 1. The number of carbonyl (C=O) groups excluding carboxylic acids is 1. The molecule has 0 bridgehead atoms. The van der Waals surface area contributed by atoms with Crippen LogP contribution in [-0.4, -0.2) is 64.3 Å². The predicted octanol–water partition coefficient (Wildman–Crippen LogP) is 0.472. The highest BCUT2D eigenvalue weighted by Gasteiger charge is 2.25. The van der Waals surface area contributed by atoms with Gasteiger partial charge in [0.15, 0.2) is 0 Å². The molecule has 1 rings (SSSR count). The van der Waals surface area contributed by atoms with Gasteiger partial charge in [-0.2, -0.15) is 0 Å². The number of H-pyrrole nitrogens is 1. The number of carbonyl (C=O) groups is 2. The molecule has 0 aliphatic rings. The first-order valence-electron chi connectivity index (χ1n) is 6.71. The molecular weight excluding hydrogens is 276 g/mol. The molecule has 0 saturated heterocycles. The van der Waals surface area contributed by atoms with Gasteiger partial charge < -0.3 is 25.0 Å². The monoisotopic (exact) mass is 298 g/mol. The van der Waals surface area contributed by atoms with Crippen molar-refractivity contribution >= 4 is 12.0 Å². The van der Waals surface area contributed by atoms with Crippen LogP contribution in [-0.2, 0) is 16.0 Å². The second kappa shape index (κ2) is 8.25. The molecule has 21 heavy (non-hydrogen) atoms. The number of aliphatic carboxylic acids is 1. The predicted molar refractivity (Wildman–Crippen MR) is 76.0 cm³/mol. The Labute approximate surface area is 123 Å². The molecule has 8 heteroatoms. The minimum Gasteiger partial charge on any atom is -0.480 e. The normalized spacial score (nSPS) is 12.2. The molecule has 0 fully saturated rings. The lowest BCUT2D eigenvalue weighted by atomic mass is 10.1. The van der Waals surface area contributed by atoms with E-state index in [1.807, 2.05) is 13.8 Å². The first-order valence-corrected chi connectivity index (χ1v) is 6.71. The van der Waals surface area contributed by atoms with Gasteiger partial charge in [0.2, 0.25) is 0 Å². The average Bonchev–Trinajstić information content (AvgIpc) is 2.90. The van der Waals surface area contributed by atoms with Gasteiger partial charge in [-0.25, -0.2) is 14.6 Å². The number of hydrogen-bond acceptors (Lipinski definition) is 4. The van der Waals surface area contributed by atoms with E-state index in [-0.39, 0.29) is 12.5 Å². The number of ether oxygens (including phenoxy) is 1. The zero-order valence-electron chi connectivity index (χ0n) is 12.5. The third-order valence-corrected chi connectivity index (χ3v) is 3.00. The average molecular weight is 298 g/mol. The number of methoxy groups -OCH3 is 1. The Hall–Kier alpha value is -2.09. The fourth-order valence-electron chi connectivity index (χ4n) is 1.83. The summed E-state index contributed by atoms with van der Waals surface area (Å²) < 4.78 is 4.96. The van der Waals surface area contributed by atoms with Gasteiger partial charge in [-0.3, -0.25) is 0 Å². The number of hydrogen-bond donors (Lipinski definition) is 3. The molecule has 0 aliphatic carbocycles. The fourth-order valence-corrected chi connectivity index (χ4v) is 1.83. The molecule has 0 aliphatic heterocycles. The summed E-state index contributed by atoms with van der Waals surface area (Å²) in [4.78, 5) is 31.7. The van der Waals surface area contributed by atoms with Crippen LogP contribution in [0.3, 0.4) is 0 Å². The van der Waals surface area contributed by atoms with Crippen molar-refractivity contribution in [1.82, 2.24) is 20.2 Å². The molecule has 0 unspecified atom stereocenters. The highest BCUT2D eigenvalue weighted by Crippen LogP contribution is 2.03. The molecule has 0 saturated carbocycles. The van der Waals surface area contributed by atoms with Crippen LogP contribution >= 0.6 is 0 Å². The van der Waals surface area contributed by atoms with Crippen LogP contribution < -0.4 is 5.32 Å². The number of nitrogens with zero attached hydrogens (tertiary/aromatic N) is 2. The lowest BCUT2D eigenvalue weighted by Gasteiger charge is -2.28. The molecule has 1 aromatic rings. The van der Waals surface area contributed by atoms with Crippen molar-refractivity contribution in [2.75, 3.05) is 20.3 Å². The van der Waals surface area contributed by atoms with E-state index >= 15 is 0 Å². The van der Waals surface area contributed by atoms with Crippen molar-refractivity contribution in [3.63, 3.8) is 0 Å². The molecule has 1 aromatic heterocycles. The first-order chi connectivity index (χ1) is 9.95. The van der Waals surface area contributed by atoms with E-state index in [1.54, 1.807) is 7.11 Å². The summed E-state index contributed by atoms with van der Waals surface area (Å²) in [5, 5.41) is 11.8. The Bertz CT molecular complexity index is 447. The molecular formula is C13H22N4O4. The van der Waals surface area contributed by atoms with Crippen molar-refractivity contribution in [1.29, 1.82) is 0 Å². The van der Waals surface area contributed by atoms with Gasteiger partial charge in [-0.05, 0) is 13.8 Å². The summed E-state index contributed by atoms with van der Waals surface area (Å²) in [6, 6.07) is -1.49. The maximum absolute atomic E-state index is 12.2. The summed E-state index contributed by atoms with van der Waals surface area (Å²) >= 11 is 0. The van der Waals surface area contributed by atoms with E-state index < -0.39 is 18.0 Å². The summed E-state index contributed by atoms with van der Waals surface area (Å²) in [6.45, 7) is 4.51. The van der Waals surface area contributed by atoms with Gasteiger partial charge in [-0.1, -0.05) is 0 Å². The maximum Gasteiger partial charge on any atom is 0.326 e. The maximum atomic E-state index is 12.2. The largest absolute Gasteiger partial charge is 0.480 e. The van der Waals surface area contributed by atoms with Gasteiger partial charge in [0.25, 0.3) is 0 Å². The molecule has 2 amide bonds. The molecule has 3 N–H and O–H groups in total. The second-order valence-electron chi connectivity index (χ2n) is 4.90. The van der Waals surface area contributed by atoms with Crippen LogP contribution in [0.1, 0.15) is 19.5 Å². The van der Waals surface area contributed by atoms with Crippen LogP contribution in [0.15, 0.2) is 12.5 Å². The standard InChI is InChI=1S/C13H22N4O4/c1-9(2)17(4-5-21-3)13(20)16-11(12(18)19)6-10-7-14-8-15-10/h7-9,11H,4-6H2,1-3H3,(H,14,15)(H,16,20)(H,18,19)/t11-/m1/s1. The number of rotatable bonds is 8. The van der Waals surface area contributed by atoms with Crippen LogP contribution in [0.25, 0.3) is 0 Å². The number of amides is 2. The van der Waals surface area contributed by atoms with Crippen LogP contribution in [0, 0.1) is 0 Å². The van der Waals surface area contributed by atoms with Gasteiger partial charge in [-0.15, -0.1) is 0 Å². The molecule has 8 nitrogen and oxygen atoms in total. The summed E-state index contributed by atoms with van der Waals surface area (Å²) in [5.74, 6) is -1.09. The Kier molecular flexibility index (Phi) is 6.67.